The number of aliphatic hydroxyl groups is 4. The van der Waals surface area contributed by atoms with Crippen LogP contribution >= 0.6 is 0 Å². The van der Waals surface area contributed by atoms with E-state index in [0.717, 1.165) is 18.4 Å². The van der Waals surface area contributed by atoms with E-state index >= 15 is 0 Å². The van der Waals surface area contributed by atoms with E-state index < -0.39 is 37.3 Å². The van der Waals surface area contributed by atoms with Crippen LogP contribution in [0, 0.1) is 17.8 Å². The Kier molecular flexibility index (Phi) is 8.98. The summed E-state index contributed by atoms with van der Waals surface area (Å²) in [5.41, 5.74) is 1.13. The first-order valence-electron chi connectivity index (χ1n) is 11.0. The fraction of sp³-hybridized carbons (Fsp3) is 0.542. The summed E-state index contributed by atoms with van der Waals surface area (Å²) in [4.78, 5) is 12.7. The van der Waals surface area contributed by atoms with Gasteiger partial charge in [0, 0.05) is 12.5 Å². The third-order valence-electron chi connectivity index (χ3n) is 6.18. The molecule has 8 nitrogen and oxygen atoms in total. The molecule has 1 aliphatic carbocycles. The number of carbonyl (C=O) groups excluding carboxylic acids is 1. The zero-order valence-corrected chi connectivity index (χ0v) is 18.0. The lowest BCUT2D eigenvalue weighted by molar-refractivity contribution is -0.300. The molecule has 3 rings (SSSR count). The molecule has 1 saturated heterocycles. The first-order chi connectivity index (χ1) is 15.4. The van der Waals surface area contributed by atoms with Crippen molar-refractivity contribution in [2.75, 3.05) is 19.8 Å². The molecule has 0 bridgehead atoms. The summed E-state index contributed by atoms with van der Waals surface area (Å²) in [6.07, 6.45) is 1.06. The smallest absolute Gasteiger partial charge is 0.223 e. The number of aliphatic hydroxyl groups excluding tert-OH is 4. The highest BCUT2D eigenvalue weighted by Gasteiger charge is 2.44. The van der Waals surface area contributed by atoms with Gasteiger partial charge in [-0.05, 0) is 30.2 Å². The van der Waals surface area contributed by atoms with Crippen molar-refractivity contribution in [2.24, 2.45) is 17.8 Å². The van der Waals surface area contributed by atoms with E-state index in [9.17, 15) is 25.2 Å². The molecule has 1 aliphatic heterocycles. The number of allylic oxidation sites excluding steroid dienone is 2. The minimum Gasteiger partial charge on any atom is -0.394 e. The van der Waals surface area contributed by atoms with Gasteiger partial charge in [0.05, 0.1) is 13.2 Å². The normalized spacial score (nSPS) is 35.1. The SMILES string of the molecule is C=CC1CC(C=Cc2ccccc2)CC1C(=O)NCCOC1OC(CO)C(O)C(O)C1O. The molecule has 8 atom stereocenters. The third-order valence-corrected chi connectivity index (χ3v) is 6.18. The minimum atomic E-state index is -1.49. The molecular weight excluding hydrogens is 414 g/mol. The topological polar surface area (TPSA) is 128 Å². The van der Waals surface area contributed by atoms with Crippen LogP contribution in [0.3, 0.4) is 0 Å². The summed E-state index contributed by atoms with van der Waals surface area (Å²) in [5, 5.41) is 41.6. The highest BCUT2D eigenvalue weighted by molar-refractivity contribution is 5.79. The number of carbonyl (C=O) groups is 1. The van der Waals surface area contributed by atoms with Crippen molar-refractivity contribution in [1.82, 2.24) is 5.32 Å². The lowest BCUT2D eigenvalue weighted by Gasteiger charge is -2.39. The molecule has 1 saturated carbocycles. The molecule has 8 heteroatoms. The summed E-state index contributed by atoms with van der Waals surface area (Å²) in [7, 11) is 0. The molecule has 0 radical (unpaired) electrons. The van der Waals surface area contributed by atoms with Gasteiger partial charge in [0.15, 0.2) is 6.29 Å². The van der Waals surface area contributed by atoms with Crippen LogP contribution in [0.25, 0.3) is 6.08 Å². The Morgan fingerprint density at radius 1 is 1.16 bits per heavy atom. The molecule has 1 heterocycles. The van der Waals surface area contributed by atoms with E-state index in [-0.39, 0.29) is 30.9 Å². The van der Waals surface area contributed by atoms with E-state index in [4.69, 9.17) is 9.47 Å². The molecule has 1 amide bonds. The average Bonchev–Trinajstić information content (AvgIpc) is 3.24. The van der Waals surface area contributed by atoms with Crippen LogP contribution in [0.5, 0.6) is 0 Å². The second-order valence-electron chi connectivity index (χ2n) is 8.37. The van der Waals surface area contributed by atoms with Crippen LogP contribution in [0.4, 0.5) is 0 Å². The Balaban J connectivity index is 1.45. The molecule has 0 spiro atoms. The van der Waals surface area contributed by atoms with E-state index in [2.05, 4.69) is 24.0 Å². The fourth-order valence-corrected chi connectivity index (χ4v) is 4.33. The predicted octanol–water partition coefficient (Wildman–Crippen LogP) is 0.461. The van der Waals surface area contributed by atoms with Crippen molar-refractivity contribution in [2.45, 2.75) is 43.5 Å². The largest absolute Gasteiger partial charge is 0.394 e. The van der Waals surface area contributed by atoms with Crippen molar-refractivity contribution >= 4 is 12.0 Å². The Morgan fingerprint density at radius 3 is 2.59 bits per heavy atom. The summed E-state index contributed by atoms with van der Waals surface area (Å²) in [5.74, 6) is 0.124. The zero-order valence-electron chi connectivity index (χ0n) is 18.0. The number of ether oxygens (including phenoxy) is 2. The zero-order chi connectivity index (χ0) is 23.1. The van der Waals surface area contributed by atoms with E-state index in [1.807, 2.05) is 36.4 Å². The minimum absolute atomic E-state index is 0.0389. The molecule has 8 unspecified atom stereocenters. The summed E-state index contributed by atoms with van der Waals surface area (Å²) >= 11 is 0. The summed E-state index contributed by atoms with van der Waals surface area (Å²) < 4.78 is 10.7. The Hall–Kier alpha value is -2.07. The lowest BCUT2D eigenvalue weighted by Crippen LogP contribution is -2.59. The summed E-state index contributed by atoms with van der Waals surface area (Å²) in [6.45, 7) is 3.60. The first-order valence-corrected chi connectivity index (χ1v) is 11.0. The maximum absolute atomic E-state index is 12.7. The average molecular weight is 448 g/mol. The molecule has 1 aromatic rings. The van der Waals surface area contributed by atoms with Crippen molar-refractivity contribution in [3.8, 4) is 0 Å². The molecule has 5 N–H and O–H groups in total. The van der Waals surface area contributed by atoms with E-state index in [1.165, 1.54) is 0 Å². The summed E-state index contributed by atoms with van der Waals surface area (Å²) in [6, 6.07) is 10.0. The van der Waals surface area contributed by atoms with Crippen LogP contribution in [0.2, 0.25) is 0 Å². The van der Waals surface area contributed by atoms with Gasteiger partial charge in [-0.2, -0.15) is 0 Å². The van der Waals surface area contributed by atoms with Gasteiger partial charge in [0.2, 0.25) is 5.91 Å². The van der Waals surface area contributed by atoms with Crippen molar-refractivity contribution in [3.05, 3.63) is 54.6 Å². The molecular formula is C24H33NO7. The highest BCUT2D eigenvalue weighted by atomic mass is 16.7. The number of hydrogen-bond donors (Lipinski definition) is 5. The highest BCUT2D eigenvalue weighted by Crippen LogP contribution is 2.38. The van der Waals surface area contributed by atoms with Gasteiger partial charge in [-0.3, -0.25) is 4.79 Å². The van der Waals surface area contributed by atoms with Gasteiger partial charge in [-0.1, -0.05) is 48.6 Å². The molecule has 1 aromatic carbocycles. The van der Waals surface area contributed by atoms with E-state index in [0.29, 0.717) is 5.92 Å². The van der Waals surface area contributed by atoms with Gasteiger partial charge in [-0.25, -0.2) is 0 Å². The predicted molar refractivity (Wildman–Crippen MR) is 118 cm³/mol. The molecule has 2 aliphatic rings. The van der Waals surface area contributed by atoms with Gasteiger partial charge >= 0.3 is 0 Å². The van der Waals surface area contributed by atoms with Gasteiger partial charge in [-0.15, -0.1) is 6.58 Å². The van der Waals surface area contributed by atoms with E-state index in [1.54, 1.807) is 0 Å². The monoisotopic (exact) mass is 447 g/mol. The van der Waals surface area contributed by atoms with Crippen LogP contribution in [-0.4, -0.2) is 76.8 Å². The van der Waals surface area contributed by atoms with Crippen LogP contribution < -0.4 is 5.32 Å². The van der Waals surface area contributed by atoms with Gasteiger partial charge in [0.25, 0.3) is 0 Å². The Labute approximate surface area is 188 Å². The molecule has 0 aromatic heterocycles. The first kappa shape index (κ1) is 24.6. The van der Waals surface area contributed by atoms with Crippen LogP contribution in [0.1, 0.15) is 18.4 Å². The number of rotatable bonds is 9. The third kappa shape index (κ3) is 6.04. The maximum Gasteiger partial charge on any atom is 0.223 e. The Bertz CT molecular complexity index is 769. The van der Waals surface area contributed by atoms with Crippen LogP contribution in [0.15, 0.2) is 49.1 Å². The maximum atomic E-state index is 12.7. The fourth-order valence-electron chi connectivity index (χ4n) is 4.33. The van der Waals surface area contributed by atoms with Crippen LogP contribution in [-0.2, 0) is 14.3 Å². The van der Waals surface area contributed by atoms with Gasteiger partial charge < -0.3 is 35.2 Å². The molecule has 2 fully saturated rings. The number of nitrogens with one attached hydrogen (secondary N) is 1. The number of amides is 1. The number of benzene rings is 1. The second-order valence-corrected chi connectivity index (χ2v) is 8.37. The lowest BCUT2D eigenvalue weighted by atomic mass is 9.95. The Morgan fingerprint density at radius 2 is 1.91 bits per heavy atom. The van der Waals surface area contributed by atoms with Crippen molar-refractivity contribution < 1.29 is 34.7 Å². The van der Waals surface area contributed by atoms with Crippen molar-refractivity contribution in [1.29, 1.82) is 0 Å². The second kappa shape index (κ2) is 11.7. The standard InChI is InChI=1S/C24H33NO7/c1-2-17-12-16(9-8-15-6-4-3-5-7-15)13-18(17)23(30)25-10-11-31-24-22(29)21(28)20(27)19(14-26)32-24/h2-9,16-22,24,26-29H,1,10-14H2,(H,25,30). The molecule has 176 valence electrons. The number of hydrogen-bond acceptors (Lipinski definition) is 7. The quantitative estimate of drug-likeness (QED) is 0.275. The van der Waals surface area contributed by atoms with Gasteiger partial charge in [0.1, 0.15) is 24.4 Å². The van der Waals surface area contributed by atoms with Crippen molar-refractivity contribution in [3.63, 3.8) is 0 Å². The molecule has 32 heavy (non-hydrogen) atoms.